The number of ether oxygens (including phenoxy) is 1. The number of hydrogen-bond donors (Lipinski definition) is 1. The Balaban J connectivity index is 1.48. The van der Waals surface area contributed by atoms with Gasteiger partial charge < -0.3 is 19.5 Å². The SMILES string of the molecule is C=CC(=O)N1CCC12CCN(c1ncnc3[nH]cc(C4CCOCC4)c13)C2. The number of H-pyrrole nitrogens is 1. The van der Waals surface area contributed by atoms with E-state index >= 15 is 0 Å². The number of nitrogens with zero attached hydrogens (tertiary/aromatic N) is 4. The second-order valence-electron chi connectivity index (χ2n) is 7.89. The first-order valence-corrected chi connectivity index (χ1v) is 9.80. The fourth-order valence-corrected chi connectivity index (χ4v) is 5.00. The van der Waals surface area contributed by atoms with Crippen molar-refractivity contribution in [3.8, 4) is 0 Å². The molecule has 7 nitrogen and oxygen atoms in total. The lowest BCUT2D eigenvalue weighted by molar-refractivity contribution is -0.140. The molecular weight excluding hydrogens is 342 g/mol. The van der Waals surface area contributed by atoms with Gasteiger partial charge in [0.25, 0.3) is 0 Å². The average molecular weight is 367 g/mol. The predicted octanol–water partition coefficient (Wildman–Crippen LogP) is 2.22. The Morgan fingerprint density at radius 2 is 2.11 bits per heavy atom. The van der Waals surface area contributed by atoms with Crippen LogP contribution in [0.25, 0.3) is 11.0 Å². The molecule has 1 atom stereocenters. The van der Waals surface area contributed by atoms with E-state index in [0.717, 1.165) is 75.4 Å². The summed E-state index contributed by atoms with van der Waals surface area (Å²) in [6.45, 7) is 7.84. The zero-order chi connectivity index (χ0) is 18.4. The number of aromatic amines is 1. The molecule has 1 amide bonds. The maximum atomic E-state index is 12.2. The number of likely N-dealkylation sites (tertiary alicyclic amines) is 1. The van der Waals surface area contributed by atoms with Crippen molar-refractivity contribution in [2.45, 2.75) is 37.1 Å². The number of fused-ring (bicyclic) bond motifs is 1. The molecule has 0 radical (unpaired) electrons. The van der Waals surface area contributed by atoms with E-state index in [9.17, 15) is 4.79 Å². The van der Waals surface area contributed by atoms with Crippen molar-refractivity contribution >= 4 is 22.8 Å². The average Bonchev–Trinajstić information content (AvgIpc) is 3.34. The van der Waals surface area contributed by atoms with Gasteiger partial charge in [-0.15, -0.1) is 0 Å². The molecule has 5 rings (SSSR count). The minimum Gasteiger partial charge on any atom is -0.381 e. The van der Waals surface area contributed by atoms with Crippen LogP contribution in [-0.2, 0) is 9.53 Å². The molecule has 0 bridgehead atoms. The molecule has 27 heavy (non-hydrogen) atoms. The molecule has 2 aromatic rings. The normalized spacial score (nSPS) is 25.9. The first-order valence-electron chi connectivity index (χ1n) is 9.80. The molecule has 7 heteroatoms. The number of carbonyl (C=O) groups is 1. The Kier molecular flexibility index (Phi) is 3.93. The molecule has 3 fully saturated rings. The minimum absolute atomic E-state index is 0.0421. The first kappa shape index (κ1) is 16.7. The van der Waals surface area contributed by atoms with Gasteiger partial charge in [-0.05, 0) is 43.2 Å². The molecule has 1 spiro atoms. The van der Waals surface area contributed by atoms with Crippen molar-refractivity contribution in [3.63, 3.8) is 0 Å². The van der Waals surface area contributed by atoms with Crippen LogP contribution in [0.15, 0.2) is 25.2 Å². The van der Waals surface area contributed by atoms with Gasteiger partial charge in [0.15, 0.2) is 0 Å². The van der Waals surface area contributed by atoms with Gasteiger partial charge in [0, 0.05) is 39.0 Å². The van der Waals surface area contributed by atoms with Gasteiger partial charge in [0.05, 0.1) is 10.9 Å². The van der Waals surface area contributed by atoms with Crippen LogP contribution in [0.2, 0.25) is 0 Å². The van der Waals surface area contributed by atoms with Crippen molar-refractivity contribution in [1.29, 1.82) is 0 Å². The summed E-state index contributed by atoms with van der Waals surface area (Å²) in [5.41, 5.74) is 2.14. The second kappa shape index (κ2) is 6.34. The fraction of sp³-hybridized carbons (Fsp3) is 0.550. The third-order valence-electron chi connectivity index (χ3n) is 6.59. The molecule has 1 N–H and O–H groups in total. The smallest absolute Gasteiger partial charge is 0.246 e. The number of aromatic nitrogens is 3. The first-order chi connectivity index (χ1) is 13.2. The molecule has 0 saturated carbocycles. The number of anilines is 1. The molecule has 2 aromatic heterocycles. The highest BCUT2D eigenvalue weighted by Gasteiger charge is 2.51. The number of amides is 1. The van der Waals surface area contributed by atoms with Crippen molar-refractivity contribution in [1.82, 2.24) is 19.9 Å². The van der Waals surface area contributed by atoms with Crippen molar-refractivity contribution < 1.29 is 9.53 Å². The van der Waals surface area contributed by atoms with Crippen LogP contribution in [0.1, 0.15) is 37.2 Å². The van der Waals surface area contributed by atoms with E-state index in [1.165, 1.54) is 11.6 Å². The molecule has 0 aliphatic carbocycles. The molecule has 3 saturated heterocycles. The quantitative estimate of drug-likeness (QED) is 0.842. The lowest BCUT2D eigenvalue weighted by Crippen LogP contribution is -2.63. The summed E-state index contributed by atoms with van der Waals surface area (Å²) in [5, 5.41) is 1.14. The Hall–Kier alpha value is -2.41. The van der Waals surface area contributed by atoms with Crippen LogP contribution in [-0.4, -0.2) is 64.1 Å². The summed E-state index contributed by atoms with van der Waals surface area (Å²) in [6, 6.07) is 0. The highest BCUT2D eigenvalue weighted by Crippen LogP contribution is 2.43. The van der Waals surface area contributed by atoms with Crippen molar-refractivity contribution in [3.05, 3.63) is 30.7 Å². The predicted molar refractivity (Wildman–Crippen MR) is 103 cm³/mol. The molecule has 5 heterocycles. The molecule has 3 aliphatic heterocycles. The van der Waals surface area contributed by atoms with Gasteiger partial charge in [0.1, 0.15) is 17.8 Å². The van der Waals surface area contributed by atoms with E-state index in [2.05, 4.69) is 32.6 Å². The van der Waals surface area contributed by atoms with E-state index in [0.29, 0.717) is 5.92 Å². The standard InChI is InChI=1S/C20H25N5O2/c1-2-16(26)25-8-6-20(25)5-7-24(12-20)19-17-15(14-3-9-27-10-4-14)11-21-18(17)22-13-23-19/h2,11,13-14H,1,3-10,12H2,(H,21,22,23). The van der Waals surface area contributed by atoms with E-state index in [-0.39, 0.29) is 11.4 Å². The van der Waals surface area contributed by atoms with Crippen LogP contribution in [0.4, 0.5) is 5.82 Å². The van der Waals surface area contributed by atoms with Gasteiger partial charge in [-0.1, -0.05) is 6.58 Å². The Labute approximate surface area is 158 Å². The Morgan fingerprint density at radius 1 is 1.30 bits per heavy atom. The van der Waals surface area contributed by atoms with Gasteiger partial charge >= 0.3 is 0 Å². The van der Waals surface area contributed by atoms with Crippen molar-refractivity contribution in [2.75, 3.05) is 37.7 Å². The van der Waals surface area contributed by atoms with E-state index in [1.807, 2.05) is 4.90 Å². The number of nitrogens with one attached hydrogen (secondary N) is 1. The summed E-state index contributed by atoms with van der Waals surface area (Å²) in [6.07, 6.45) is 9.27. The molecule has 142 valence electrons. The van der Waals surface area contributed by atoms with Crippen LogP contribution in [0.5, 0.6) is 0 Å². The maximum absolute atomic E-state index is 12.2. The zero-order valence-electron chi connectivity index (χ0n) is 15.5. The summed E-state index contributed by atoms with van der Waals surface area (Å²) in [5.74, 6) is 1.52. The highest BCUT2D eigenvalue weighted by atomic mass is 16.5. The van der Waals surface area contributed by atoms with Gasteiger partial charge in [-0.2, -0.15) is 0 Å². The van der Waals surface area contributed by atoms with E-state index < -0.39 is 0 Å². The van der Waals surface area contributed by atoms with Crippen LogP contribution in [0.3, 0.4) is 0 Å². The van der Waals surface area contributed by atoms with Gasteiger partial charge in [0.2, 0.25) is 5.91 Å². The topological polar surface area (TPSA) is 74.4 Å². The fourth-order valence-electron chi connectivity index (χ4n) is 5.00. The molecule has 3 aliphatic rings. The summed E-state index contributed by atoms with van der Waals surface area (Å²) in [7, 11) is 0. The largest absolute Gasteiger partial charge is 0.381 e. The zero-order valence-corrected chi connectivity index (χ0v) is 15.5. The lowest BCUT2D eigenvalue weighted by atomic mass is 9.83. The molecule has 0 aromatic carbocycles. The van der Waals surface area contributed by atoms with Crippen LogP contribution in [0, 0.1) is 0 Å². The second-order valence-corrected chi connectivity index (χ2v) is 7.89. The van der Waals surface area contributed by atoms with E-state index in [1.54, 1.807) is 6.33 Å². The van der Waals surface area contributed by atoms with Crippen molar-refractivity contribution in [2.24, 2.45) is 0 Å². The van der Waals surface area contributed by atoms with Gasteiger partial charge in [-0.25, -0.2) is 9.97 Å². The van der Waals surface area contributed by atoms with Crippen LogP contribution < -0.4 is 4.90 Å². The maximum Gasteiger partial charge on any atom is 0.246 e. The summed E-state index contributed by atoms with van der Waals surface area (Å²) < 4.78 is 5.54. The third-order valence-corrected chi connectivity index (χ3v) is 6.59. The van der Waals surface area contributed by atoms with Crippen LogP contribution >= 0.6 is 0 Å². The Morgan fingerprint density at radius 3 is 2.85 bits per heavy atom. The number of rotatable bonds is 3. The Bertz CT molecular complexity index is 888. The summed E-state index contributed by atoms with van der Waals surface area (Å²) >= 11 is 0. The lowest BCUT2D eigenvalue weighted by Gasteiger charge is -2.50. The molecule has 1 unspecified atom stereocenters. The van der Waals surface area contributed by atoms with E-state index in [4.69, 9.17) is 4.74 Å². The number of hydrogen-bond acceptors (Lipinski definition) is 5. The summed E-state index contributed by atoms with van der Waals surface area (Å²) in [4.78, 5) is 29.0. The molecular formula is C20H25N5O2. The highest BCUT2D eigenvalue weighted by molar-refractivity contribution is 5.92. The third kappa shape index (κ3) is 2.56. The minimum atomic E-state index is -0.0578. The van der Waals surface area contributed by atoms with Gasteiger partial charge in [-0.3, -0.25) is 4.79 Å². The monoisotopic (exact) mass is 367 g/mol. The number of carbonyl (C=O) groups excluding carboxylic acids is 1.